The third-order valence-corrected chi connectivity index (χ3v) is 3.61. The second-order valence-corrected chi connectivity index (χ2v) is 6.01. The van der Waals surface area contributed by atoms with Crippen molar-refractivity contribution in [2.45, 2.75) is 58.3 Å². The summed E-state index contributed by atoms with van der Waals surface area (Å²) in [6.45, 7) is 2.20. The first kappa shape index (κ1) is 17.0. The second kappa shape index (κ2) is 8.97. The quantitative estimate of drug-likeness (QED) is 0.520. The Morgan fingerprint density at radius 2 is 1.60 bits per heavy atom. The van der Waals surface area contributed by atoms with Gasteiger partial charge in [0, 0.05) is 0 Å². The standard InChI is InChI=1S/C15H24O4S/c1-2-3-4-5-6-7-8-11-14-12-9-10-13-15(14)19-20(16,17)18/h9-10,12-13H,2-8,11H2,1H3,(H,16,17,18). The van der Waals surface area contributed by atoms with Gasteiger partial charge in [0.2, 0.25) is 0 Å². The first-order chi connectivity index (χ1) is 9.53. The molecule has 0 atom stereocenters. The van der Waals surface area contributed by atoms with Gasteiger partial charge in [0.25, 0.3) is 0 Å². The van der Waals surface area contributed by atoms with Crippen molar-refractivity contribution in [1.82, 2.24) is 0 Å². The molecule has 114 valence electrons. The molecule has 0 fully saturated rings. The van der Waals surface area contributed by atoms with E-state index in [0.29, 0.717) is 0 Å². The Labute approximate surface area is 122 Å². The van der Waals surface area contributed by atoms with Gasteiger partial charge in [-0.15, -0.1) is 0 Å². The van der Waals surface area contributed by atoms with Crippen LogP contribution in [0, 0.1) is 0 Å². The largest absolute Gasteiger partial charge is 0.446 e. The molecule has 1 rings (SSSR count). The first-order valence-corrected chi connectivity index (χ1v) is 8.64. The highest BCUT2D eigenvalue weighted by Crippen LogP contribution is 2.22. The van der Waals surface area contributed by atoms with E-state index in [0.717, 1.165) is 24.8 Å². The molecular formula is C15H24O4S. The molecular weight excluding hydrogens is 276 g/mol. The summed E-state index contributed by atoms with van der Waals surface area (Å²) < 4.78 is 34.8. The number of unbranched alkanes of at least 4 members (excludes halogenated alkanes) is 6. The van der Waals surface area contributed by atoms with Crippen molar-refractivity contribution >= 4 is 10.4 Å². The highest BCUT2D eigenvalue weighted by Gasteiger charge is 2.10. The summed E-state index contributed by atoms with van der Waals surface area (Å²) in [7, 11) is -4.45. The number of benzene rings is 1. The van der Waals surface area contributed by atoms with Crippen LogP contribution in [0.2, 0.25) is 0 Å². The summed E-state index contributed by atoms with van der Waals surface area (Å²) in [5.41, 5.74) is 0.818. The van der Waals surface area contributed by atoms with Gasteiger partial charge in [-0.3, -0.25) is 4.55 Å². The summed E-state index contributed by atoms with van der Waals surface area (Å²) in [4.78, 5) is 0. The van der Waals surface area contributed by atoms with Crippen LogP contribution >= 0.6 is 0 Å². The molecule has 0 saturated carbocycles. The van der Waals surface area contributed by atoms with Gasteiger partial charge < -0.3 is 4.18 Å². The zero-order valence-corrected chi connectivity index (χ0v) is 12.9. The van der Waals surface area contributed by atoms with Gasteiger partial charge in [-0.1, -0.05) is 63.6 Å². The number of aryl methyl sites for hydroxylation is 1. The number of hydrogen-bond acceptors (Lipinski definition) is 3. The van der Waals surface area contributed by atoms with Crippen molar-refractivity contribution < 1.29 is 17.2 Å². The number of para-hydroxylation sites is 1. The highest BCUT2D eigenvalue weighted by molar-refractivity contribution is 7.81. The molecule has 4 nitrogen and oxygen atoms in total. The maximum atomic E-state index is 10.8. The summed E-state index contributed by atoms with van der Waals surface area (Å²) in [6, 6.07) is 6.92. The summed E-state index contributed by atoms with van der Waals surface area (Å²) >= 11 is 0. The van der Waals surface area contributed by atoms with Gasteiger partial charge in [0.15, 0.2) is 0 Å². The summed E-state index contributed by atoms with van der Waals surface area (Å²) in [5.74, 6) is 0.223. The lowest BCUT2D eigenvalue weighted by Crippen LogP contribution is -2.08. The molecule has 0 aliphatic carbocycles. The molecule has 0 amide bonds. The molecule has 0 aromatic heterocycles. The predicted octanol–water partition coefficient (Wildman–Crippen LogP) is 4.16. The molecule has 0 heterocycles. The topological polar surface area (TPSA) is 63.6 Å². The molecule has 0 saturated heterocycles. The smallest absolute Gasteiger partial charge is 0.362 e. The van der Waals surface area contributed by atoms with Crippen molar-refractivity contribution in [3.63, 3.8) is 0 Å². The third-order valence-electron chi connectivity index (χ3n) is 3.22. The van der Waals surface area contributed by atoms with Crippen LogP contribution < -0.4 is 4.18 Å². The van der Waals surface area contributed by atoms with E-state index < -0.39 is 10.4 Å². The van der Waals surface area contributed by atoms with E-state index >= 15 is 0 Å². The van der Waals surface area contributed by atoms with Crippen LogP contribution in [0.3, 0.4) is 0 Å². The van der Waals surface area contributed by atoms with Crippen LogP contribution in [-0.2, 0) is 16.8 Å². The normalized spacial score (nSPS) is 11.5. The predicted molar refractivity (Wildman–Crippen MR) is 80.3 cm³/mol. The van der Waals surface area contributed by atoms with E-state index in [1.807, 2.05) is 12.1 Å². The minimum atomic E-state index is -4.45. The van der Waals surface area contributed by atoms with Gasteiger partial charge in [0.05, 0.1) is 0 Å². The van der Waals surface area contributed by atoms with Crippen LogP contribution in [-0.4, -0.2) is 13.0 Å². The average Bonchev–Trinajstić information content (AvgIpc) is 2.38. The van der Waals surface area contributed by atoms with E-state index in [9.17, 15) is 8.42 Å². The maximum absolute atomic E-state index is 10.8. The fourth-order valence-electron chi connectivity index (χ4n) is 2.18. The molecule has 1 aromatic carbocycles. The monoisotopic (exact) mass is 300 g/mol. The van der Waals surface area contributed by atoms with Crippen LogP contribution in [0.4, 0.5) is 0 Å². The van der Waals surface area contributed by atoms with Crippen LogP contribution in [0.1, 0.15) is 57.4 Å². The van der Waals surface area contributed by atoms with E-state index in [2.05, 4.69) is 11.1 Å². The van der Waals surface area contributed by atoms with Crippen LogP contribution in [0.15, 0.2) is 24.3 Å². The summed E-state index contributed by atoms with van der Waals surface area (Å²) in [6.07, 6.45) is 9.20. The van der Waals surface area contributed by atoms with Gasteiger partial charge >= 0.3 is 10.4 Å². The summed E-state index contributed by atoms with van der Waals surface area (Å²) in [5, 5.41) is 0. The maximum Gasteiger partial charge on any atom is 0.446 e. The Bertz CT molecular complexity index is 482. The average molecular weight is 300 g/mol. The van der Waals surface area contributed by atoms with Gasteiger partial charge in [-0.05, 0) is 24.5 Å². The fraction of sp³-hybridized carbons (Fsp3) is 0.600. The Hall–Kier alpha value is -1.07. The van der Waals surface area contributed by atoms with Gasteiger partial charge in [-0.25, -0.2) is 0 Å². The van der Waals surface area contributed by atoms with Crippen molar-refractivity contribution in [2.75, 3.05) is 0 Å². The van der Waals surface area contributed by atoms with E-state index in [4.69, 9.17) is 4.55 Å². The molecule has 0 spiro atoms. The molecule has 0 radical (unpaired) electrons. The van der Waals surface area contributed by atoms with E-state index in [1.54, 1.807) is 12.1 Å². The lowest BCUT2D eigenvalue weighted by Gasteiger charge is -2.08. The molecule has 1 aromatic rings. The number of hydrogen-bond donors (Lipinski definition) is 1. The SMILES string of the molecule is CCCCCCCCCc1ccccc1OS(=O)(=O)O. The molecule has 5 heteroatoms. The lowest BCUT2D eigenvalue weighted by atomic mass is 10.0. The van der Waals surface area contributed by atoms with Crippen LogP contribution in [0.25, 0.3) is 0 Å². The molecule has 0 bridgehead atoms. The minimum Gasteiger partial charge on any atom is -0.362 e. The highest BCUT2D eigenvalue weighted by atomic mass is 32.3. The molecule has 0 aliphatic heterocycles. The van der Waals surface area contributed by atoms with Crippen molar-refractivity contribution in [2.24, 2.45) is 0 Å². The van der Waals surface area contributed by atoms with Crippen LogP contribution in [0.5, 0.6) is 5.75 Å². The van der Waals surface area contributed by atoms with Crippen molar-refractivity contribution in [1.29, 1.82) is 0 Å². The molecule has 20 heavy (non-hydrogen) atoms. The zero-order valence-electron chi connectivity index (χ0n) is 12.0. The fourth-order valence-corrected chi connectivity index (χ4v) is 2.57. The van der Waals surface area contributed by atoms with E-state index in [-0.39, 0.29) is 5.75 Å². The van der Waals surface area contributed by atoms with Crippen molar-refractivity contribution in [3.05, 3.63) is 29.8 Å². The van der Waals surface area contributed by atoms with E-state index in [1.165, 1.54) is 32.1 Å². The Morgan fingerprint density at radius 1 is 1.00 bits per heavy atom. The number of rotatable bonds is 10. The molecule has 1 N–H and O–H groups in total. The Morgan fingerprint density at radius 3 is 2.25 bits per heavy atom. The zero-order chi connectivity index (χ0) is 14.8. The Kier molecular flexibility index (Phi) is 7.62. The lowest BCUT2D eigenvalue weighted by molar-refractivity contribution is 0.385. The first-order valence-electron chi connectivity index (χ1n) is 7.27. The van der Waals surface area contributed by atoms with Gasteiger partial charge in [0.1, 0.15) is 5.75 Å². The molecule has 0 unspecified atom stereocenters. The van der Waals surface area contributed by atoms with Crippen molar-refractivity contribution in [3.8, 4) is 5.75 Å². The molecule has 0 aliphatic rings. The second-order valence-electron chi connectivity index (χ2n) is 4.99. The minimum absolute atomic E-state index is 0.223. The Balaban J connectivity index is 2.36. The van der Waals surface area contributed by atoms with Gasteiger partial charge in [-0.2, -0.15) is 8.42 Å². The third kappa shape index (κ3) is 7.50.